The molecule has 0 aliphatic rings. The Morgan fingerprint density at radius 1 is 0.960 bits per heavy atom. The lowest BCUT2D eigenvalue weighted by Gasteiger charge is -2.06. The van der Waals surface area contributed by atoms with Gasteiger partial charge in [-0.15, -0.1) is 11.3 Å². The van der Waals surface area contributed by atoms with Crippen molar-refractivity contribution in [2.24, 2.45) is 0 Å². The van der Waals surface area contributed by atoms with E-state index in [0.717, 1.165) is 10.4 Å². The summed E-state index contributed by atoms with van der Waals surface area (Å²) in [6, 6.07) is 12.4. The van der Waals surface area contributed by atoms with Gasteiger partial charge in [-0.05, 0) is 42.0 Å². The van der Waals surface area contributed by atoms with Crippen LogP contribution in [0.4, 0.5) is 4.39 Å². The van der Waals surface area contributed by atoms with E-state index in [1.165, 1.54) is 41.8 Å². The number of pyridine rings is 1. The smallest absolute Gasteiger partial charge is 0.267 e. The van der Waals surface area contributed by atoms with Gasteiger partial charge in [0.25, 0.3) is 11.8 Å². The second kappa shape index (κ2) is 7.42. The van der Waals surface area contributed by atoms with Gasteiger partial charge in [-0.25, -0.2) is 9.37 Å². The van der Waals surface area contributed by atoms with Crippen molar-refractivity contribution >= 4 is 34.8 Å². The molecule has 0 saturated heterocycles. The number of benzene rings is 1. The first-order chi connectivity index (χ1) is 12.0. The first kappa shape index (κ1) is 17.1. The highest BCUT2D eigenvalue weighted by atomic mass is 35.5. The van der Waals surface area contributed by atoms with Crippen LogP contribution in [0.5, 0.6) is 0 Å². The van der Waals surface area contributed by atoms with Crippen LogP contribution in [-0.4, -0.2) is 16.8 Å². The van der Waals surface area contributed by atoms with E-state index in [0.29, 0.717) is 4.88 Å². The minimum absolute atomic E-state index is 0.267. The molecule has 0 radical (unpaired) electrons. The number of hydrazine groups is 1. The van der Waals surface area contributed by atoms with Crippen LogP contribution >= 0.6 is 22.9 Å². The van der Waals surface area contributed by atoms with Crippen LogP contribution in [0.25, 0.3) is 10.4 Å². The van der Waals surface area contributed by atoms with Gasteiger partial charge in [-0.3, -0.25) is 20.4 Å². The first-order valence-electron chi connectivity index (χ1n) is 7.11. The fraction of sp³-hybridized carbons (Fsp3) is 0. The summed E-state index contributed by atoms with van der Waals surface area (Å²) in [5, 5.41) is 0.271. The summed E-state index contributed by atoms with van der Waals surface area (Å²) < 4.78 is 13.0. The molecule has 1 aromatic carbocycles. The molecule has 8 heteroatoms. The van der Waals surface area contributed by atoms with Crippen LogP contribution < -0.4 is 10.9 Å². The number of amides is 2. The lowest BCUT2D eigenvalue weighted by atomic mass is 10.2. The van der Waals surface area contributed by atoms with E-state index < -0.39 is 11.8 Å². The molecule has 5 nitrogen and oxygen atoms in total. The van der Waals surface area contributed by atoms with E-state index >= 15 is 0 Å². The fourth-order valence-corrected chi connectivity index (χ4v) is 3.01. The maximum absolute atomic E-state index is 13.0. The molecular formula is C17H11ClFN3O2S. The third-order valence-corrected chi connectivity index (χ3v) is 4.59. The topological polar surface area (TPSA) is 71.1 Å². The highest BCUT2D eigenvalue weighted by Crippen LogP contribution is 2.28. The number of hydrogen-bond acceptors (Lipinski definition) is 4. The molecule has 2 heterocycles. The van der Waals surface area contributed by atoms with Crippen molar-refractivity contribution in [1.29, 1.82) is 0 Å². The lowest BCUT2D eigenvalue weighted by Crippen LogP contribution is -2.41. The Balaban J connectivity index is 1.63. The van der Waals surface area contributed by atoms with Crippen molar-refractivity contribution in [3.05, 3.63) is 76.1 Å². The Labute approximate surface area is 151 Å². The summed E-state index contributed by atoms with van der Waals surface area (Å²) in [6.07, 6.45) is 1.31. The van der Waals surface area contributed by atoms with E-state index in [4.69, 9.17) is 11.6 Å². The third kappa shape index (κ3) is 4.20. The summed E-state index contributed by atoms with van der Waals surface area (Å²) in [5.41, 5.74) is 5.72. The molecule has 0 atom stereocenters. The van der Waals surface area contributed by atoms with Crippen LogP contribution in [-0.2, 0) is 0 Å². The molecule has 0 fully saturated rings. The summed E-state index contributed by atoms with van der Waals surface area (Å²) in [5.74, 6) is -1.28. The van der Waals surface area contributed by atoms with Gasteiger partial charge in [0.05, 0.1) is 10.4 Å². The largest absolute Gasteiger partial charge is 0.279 e. The van der Waals surface area contributed by atoms with Gasteiger partial charge < -0.3 is 0 Å². The van der Waals surface area contributed by atoms with Crippen LogP contribution in [0.15, 0.2) is 54.7 Å². The molecular weight excluding hydrogens is 365 g/mol. The molecule has 126 valence electrons. The monoisotopic (exact) mass is 375 g/mol. The number of rotatable bonds is 3. The number of aromatic nitrogens is 1. The second-order valence-corrected chi connectivity index (χ2v) is 6.42. The lowest BCUT2D eigenvalue weighted by molar-refractivity contribution is 0.0848. The number of thiophene rings is 1. The predicted molar refractivity (Wildman–Crippen MR) is 93.9 cm³/mol. The average molecular weight is 376 g/mol. The van der Waals surface area contributed by atoms with Crippen molar-refractivity contribution in [2.45, 2.75) is 0 Å². The molecule has 2 N–H and O–H groups in total. The van der Waals surface area contributed by atoms with Crippen molar-refractivity contribution in [1.82, 2.24) is 15.8 Å². The molecule has 3 rings (SSSR count). The van der Waals surface area contributed by atoms with Crippen molar-refractivity contribution in [3.63, 3.8) is 0 Å². The van der Waals surface area contributed by atoms with Crippen molar-refractivity contribution in [2.75, 3.05) is 0 Å². The molecule has 0 unspecified atom stereocenters. The highest BCUT2D eigenvalue weighted by molar-refractivity contribution is 7.17. The van der Waals surface area contributed by atoms with Crippen molar-refractivity contribution < 1.29 is 14.0 Å². The number of carbonyl (C=O) groups is 2. The zero-order valence-corrected chi connectivity index (χ0v) is 14.2. The number of halogens is 2. The van der Waals surface area contributed by atoms with Crippen LogP contribution in [0.2, 0.25) is 5.15 Å². The van der Waals surface area contributed by atoms with E-state index in [9.17, 15) is 14.0 Å². The van der Waals surface area contributed by atoms with Gasteiger partial charge in [0.15, 0.2) is 0 Å². The van der Waals surface area contributed by atoms with Gasteiger partial charge in [0, 0.05) is 11.1 Å². The third-order valence-electron chi connectivity index (χ3n) is 3.24. The molecule has 2 amide bonds. The summed E-state index contributed by atoms with van der Waals surface area (Å²) in [7, 11) is 0. The normalized spacial score (nSPS) is 10.3. The maximum atomic E-state index is 13.0. The van der Waals surface area contributed by atoms with Crippen LogP contribution in [0, 0.1) is 5.82 Å². The number of carbonyl (C=O) groups excluding carboxylic acids is 2. The van der Waals surface area contributed by atoms with Gasteiger partial charge in [-0.2, -0.15) is 0 Å². The highest BCUT2D eigenvalue weighted by Gasteiger charge is 2.12. The van der Waals surface area contributed by atoms with Crippen LogP contribution in [0.1, 0.15) is 20.0 Å². The molecule has 2 aromatic heterocycles. The molecule has 0 spiro atoms. The molecule has 0 bridgehead atoms. The first-order valence-corrected chi connectivity index (χ1v) is 8.30. The average Bonchev–Trinajstić information content (AvgIpc) is 3.11. The Bertz CT molecular complexity index is 910. The Hall–Kier alpha value is -2.77. The van der Waals surface area contributed by atoms with Gasteiger partial charge in [0.1, 0.15) is 11.0 Å². The molecule has 0 aliphatic carbocycles. The van der Waals surface area contributed by atoms with Gasteiger partial charge in [-0.1, -0.05) is 23.7 Å². The van der Waals surface area contributed by atoms with E-state index in [-0.39, 0.29) is 16.5 Å². The SMILES string of the molecule is O=C(NNC(=O)c1ccc(-c2ccc(F)cc2)s1)c1ccc(Cl)nc1. The zero-order valence-electron chi connectivity index (χ0n) is 12.6. The standard InChI is InChI=1S/C17H11ClFN3O2S/c18-15-8-3-11(9-20-15)16(23)21-22-17(24)14-7-6-13(25-14)10-1-4-12(19)5-2-10/h1-9H,(H,21,23)(H,22,24). The minimum atomic E-state index is -0.507. The van der Waals surface area contributed by atoms with Crippen LogP contribution in [0.3, 0.4) is 0 Å². The molecule has 0 aliphatic heterocycles. The Morgan fingerprint density at radius 3 is 2.36 bits per heavy atom. The fourth-order valence-electron chi connectivity index (χ4n) is 1.99. The van der Waals surface area contributed by atoms with E-state index in [1.54, 1.807) is 24.3 Å². The quantitative estimate of drug-likeness (QED) is 0.542. The van der Waals surface area contributed by atoms with E-state index in [2.05, 4.69) is 15.8 Å². The number of nitrogens with one attached hydrogen (secondary N) is 2. The molecule has 25 heavy (non-hydrogen) atoms. The Morgan fingerprint density at radius 2 is 1.68 bits per heavy atom. The minimum Gasteiger partial charge on any atom is -0.267 e. The van der Waals surface area contributed by atoms with Gasteiger partial charge >= 0.3 is 0 Å². The summed E-state index contributed by atoms with van der Waals surface area (Å²) in [6.45, 7) is 0. The van der Waals surface area contributed by atoms with Gasteiger partial charge in [0.2, 0.25) is 0 Å². The second-order valence-electron chi connectivity index (χ2n) is 4.95. The number of nitrogens with zero attached hydrogens (tertiary/aromatic N) is 1. The molecule has 0 saturated carbocycles. The van der Waals surface area contributed by atoms with Crippen molar-refractivity contribution in [3.8, 4) is 10.4 Å². The maximum Gasteiger partial charge on any atom is 0.279 e. The summed E-state index contributed by atoms with van der Waals surface area (Å²) in [4.78, 5) is 29.1. The zero-order chi connectivity index (χ0) is 17.8. The Kier molecular flexibility index (Phi) is 5.06. The number of hydrogen-bond donors (Lipinski definition) is 2. The van der Waals surface area contributed by atoms with E-state index in [1.807, 2.05) is 0 Å². The predicted octanol–water partition coefficient (Wildman–Crippen LogP) is 3.68. The molecule has 3 aromatic rings. The summed E-state index contributed by atoms with van der Waals surface area (Å²) >= 11 is 6.89.